The molecule has 1 aromatic carbocycles. The molecule has 1 N–H and O–H groups in total. The molecule has 0 aromatic heterocycles. The van der Waals surface area contributed by atoms with E-state index in [1.165, 1.54) is 0 Å². The van der Waals surface area contributed by atoms with Crippen molar-refractivity contribution in [2.24, 2.45) is 5.92 Å². The zero-order chi connectivity index (χ0) is 14.0. The van der Waals surface area contributed by atoms with Crippen LogP contribution >= 0.6 is 0 Å². The second-order valence-electron chi connectivity index (χ2n) is 6.05. The van der Waals surface area contributed by atoms with E-state index in [2.05, 4.69) is 13.8 Å². The Kier molecular flexibility index (Phi) is 4.29. The molecule has 3 heteroatoms. The van der Waals surface area contributed by atoms with E-state index in [4.69, 9.17) is 9.47 Å². The molecule has 0 bridgehead atoms. The van der Waals surface area contributed by atoms with Crippen molar-refractivity contribution < 1.29 is 14.6 Å². The maximum absolute atomic E-state index is 10.5. The van der Waals surface area contributed by atoms with Gasteiger partial charge in [-0.05, 0) is 25.3 Å². The highest BCUT2D eigenvalue weighted by molar-refractivity contribution is 5.18. The Morgan fingerprint density at radius 2 is 1.68 bits per heavy atom. The molecule has 1 saturated heterocycles. The molecule has 3 atom stereocenters. The lowest BCUT2D eigenvalue weighted by molar-refractivity contribution is -0.319. The molecule has 1 aromatic rings. The number of benzene rings is 1. The number of aliphatic hydroxyl groups excluding tert-OH is 1. The van der Waals surface area contributed by atoms with E-state index in [9.17, 15) is 5.11 Å². The van der Waals surface area contributed by atoms with Crippen LogP contribution in [-0.4, -0.2) is 23.1 Å². The largest absolute Gasteiger partial charge is 0.386 e. The molecule has 1 aliphatic heterocycles. The molecule has 1 heterocycles. The number of aliphatic hydroxyl groups is 1. The van der Waals surface area contributed by atoms with Crippen LogP contribution in [0.3, 0.4) is 0 Å². The van der Waals surface area contributed by atoms with Crippen molar-refractivity contribution in [1.29, 1.82) is 0 Å². The summed E-state index contributed by atoms with van der Waals surface area (Å²) in [5, 5.41) is 10.5. The highest BCUT2D eigenvalue weighted by atomic mass is 16.7. The fourth-order valence-corrected chi connectivity index (χ4v) is 2.55. The molecule has 19 heavy (non-hydrogen) atoms. The van der Waals surface area contributed by atoms with Gasteiger partial charge in [0.25, 0.3) is 0 Å². The van der Waals surface area contributed by atoms with Crippen molar-refractivity contribution in [1.82, 2.24) is 0 Å². The highest BCUT2D eigenvalue weighted by Gasteiger charge is 2.39. The van der Waals surface area contributed by atoms with Gasteiger partial charge >= 0.3 is 0 Å². The van der Waals surface area contributed by atoms with Crippen molar-refractivity contribution in [3.63, 3.8) is 0 Å². The van der Waals surface area contributed by atoms with Gasteiger partial charge in [-0.25, -0.2) is 0 Å². The summed E-state index contributed by atoms with van der Waals surface area (Å²) < 4.78 is 11.8. The average Bonchev–Trinajstić information content (AvgIpc) is 2.37. The van der Waals surface area contributed by atoms with Gasteiger partial charge in [-0.2, -0.15) is 0 Å². The zero-order valence-corrected chi connectivity index (χ0v) is 12.2. The Bertz CT molecular complexity index is 400. The van der Waals surface area contributed by atoms with Crippen LogP contribution in [0.25, 0.3) is 0 Å². The molecule has 1 aliphatic rings. The lowest BCUT2D eigenvalue weighted by Crippen LogP contribution is -2.48. The van der Waals surface area contributed by atoms with Gasteiger partial charge < -0.3 is 14.6 Å². The summed E-state index contributed by atoms with van der Waals surface area (Å²) >= 11 is 0. The van der Waals surface area contributed by atoms with E-state index in [0.29, 0.717) is 5.92 Å². The smallest absolute Gasteiger partial charge is 0.163 e. The van der Waals surface area contributed by atoms with Crippen LogP contribution in [0.15, 0.2) is 30.3 Å². The van der Waals surface area contributed by atoms with Gasteiger partial charge in [0.1, 0.15) is 6.10 Å². The number of hydrogen-bond acceptors (Lipinski definition) is 3. The van der Waals surface area contributed by atoms with E-state index in [0.717, 1.165) is 12.0 Å². The summed E-state index contributed by atoms with van der Waals surface area (Å²) in [6.07, 6.45) is 0.00763. The third-order valence-electron chi connectivity index (χ3n) is 3.57. The Morgan fingerprint density at radius 1 is 1.11 bits per heavy atom. The molecule has 2 rings (SSSR count). The predicted octanol–water partition coefficient (Wildman–Crippen LogP) is 3.29. The predicted molar refractivity (Wildman–Crippen MR) is 74.7 cm³/mol. The third kappa shape index (κ3) is 3.56. The van der Waals surface area contributed by atoms with E-state index < -0.39 is 11.9 Å². The maximum atomic E-state index is 10.5. The summed E-state index contributed by atoms with van der Waals surface area (Å²) in [4.78, 5) is 0. The third-order valence-corrected chi connectivity index (χ3v) is 3.57. The maximum Gasteiger partial charge on any atom is 0.163 e. The number of rotatable bonds is 3. The monoisotopic (exact) mass is 264 g/mol. The van der Waals surface area contributed by atoms with Crippen LogP contribution in [0.2, 0.25) is 0 Å². The number of hydrogen-bond donors (Lipinski definition) is 1. The topological polar surface area (TPSA) is 38.7 Å². The first-order valence-electron chi connectivity index (χ1n) is 6.98. The minimum Gasteiger partial charge on any atom is -0.386 e. The van der Waals surface area contributed by atoms with Gasteiger partial charge in [0.2, 0.25) is 0 Å². The molecule has 0 saturated carbocycles. The summed E-state index contributed by atoms with van der Waals surface area (Å²) in [6, 6.07) is 9.68. The summed E-state index contributed by atoms with van der Waals surface area (Å²) in [7, 11) is 0. The molecule has 0 spiro atoms. The molecular formula is C16H24O3. The molecule has 106 valence electrons. The van der Waals surface area contributed by atoms with E-state index in [-0.39, 0.29) is 12.2 Å². The van der Waals surface area contributed by atoms with Gasteiger partial charge in [0.15, 0.2) is 5.79 Å². The second kappa shape index (κ2) is 5.61. The Balaban J connectivity index is 2.15. The second-order valence-corrected chi connectivity index (χ2v) is 6.05. The molecular weight excluding hydrogens is 240 g/mol. The van der Waals surface area contributed by atoms with E-state index >= 15 is 0 Å². The van der Waals surface area contributed by atoms with Crippen LogP contribution in [0.4, 0.5) is 0 Å². The van der Waals surface area contributed by atoms with Crippen LogP contribution < -0.4 is 0 Å². The molecule has 1 fully saturated rings. The first-order chi connectivity index (χ1) is 8.89. The fraction of sp³-hybridized carbons (Fsp3) is 0.625. The van der Waals surface area contributed by atoms with Crippen molar-refractivity contribution in [3.05, 3.63) is 35.9 Å². The zero-order valence-electron chi connectivity index (χ0n) is 12.2. The van der Waals surface area contributed by atoms with Gasteiger partial charge in [0.05, 0.1) is 12.2 Å². The summed E-state index contributed by atoms with van der Waals surface area (Å²) in [5.74, 6) is -0.234. The van der Waals surface area contributed by atoms with Gasteiger partial charge in [-0.3, -0.25) is 0 Å². The van der Waals surface area contributed by atoms with Crippen LogP contribution in [0.1, 0.15) is 45.8 Å². The van der Waals surface area contributed by atoms with Crippen LogP contribution in [-0.2, 0) is 9.47 Å². The first kappa shape index (κ1) is 14.5. The van der Waals surface area contributed by atoms with Gasteiger partial charge in [-0.15, -0.1) is 0 Å². The lowest BCUT2D eigenvalue weighted by Gasteiger charge is -2.43. The SMILES string of the molecule is CC(C)[C@H]1C[C@@H](C(O)c2ccccc2)OC(C)(C)O1. The van der Waals surface area contributed by atoms with Crippen molar-refractivity contribution in [3.8, 4) is 0 Å². The van der Waals surface area contributed by atoms with E-state index in [1.54, 1.807) is 0 Å². The van der Waals surface area contributed by atoms with Crippen molar-refractivity contribution >= 4 is 0 Å². The fourth-order valence-electron chi connectivity index (χ4n) is 2.55. The Labute approximate surface area is 115 Å². The van der Waals surface area contributed by atoms with Crippen LogP contribution in [0.5, 0.6) is 0 Å². The van der Waals surface area contributed by atoms with E-state index in [1.807, 2.05) is 44.2 Å². The lowest BCUT2D eigenvalue weighted by atomic mass is 9.93. The number of ether oxygens (including phenoxy) is 2. The van der Waals surface area contributed by atoms with Crippen molar-refractivity contribution in [2.45, 2.75) is 58.2 Å². The molecule has 1 unspecified atom stereocenters. The van der Waals surface area contributed by atoms with Gasteiger partial charge in [0, 0.05) is 6.42 Å². The Morgan fingerprint density at radius 3 is 2.26 bits per heavy atom. The first-order valence-corrected chi connectivity index (χ1v) is 6.98. The normalized spacial score (nSPS) is 28.3. The summed E-state index contributed by atoms with van der Waals surface area (Å²) in [6.45, 7) is 8.09. The minimum atomic E-state index is -0.645. The molecule has 3 nitrogen and oxygen atoms in total. The average molecular weight is 264 g/mol. The van der Waals surface area contributed by atoms with Gasteiger partial charge in [-0.1, -0.05) is 44.2 Å². The van der Waals surface area contributed by atoms with Crippen LogP contribution in [0, 0.1) is 5.92 Å². The summed E-state index contributed by atoms with van der Waals surface area (Å²) in [5.41, 5.74) is 0.896. The molecule has 0 radical (unpaired) electrons. The highest BCUT2D eigenvalue weighted by Crippen LogP contribution is 2.35. The molecule has 0 aliphatic carbocycles. The quantitative estimate of drug-likeness (QED) is 0.910. The van der Waals surface area contributed by atoms with Crippen molar-refractivity contribution in [2.75, 3.05) is 0 Å². The molecule has 0 amide bonds. The minimum absolute atomic E-state index is 0.118. The standard InChI is InChI=1S/C16H24O3/c1-11(2)13-10-14(19-16(3,4)18-13)15(17)12-8-6-5-7-9-12/h5-9,11,13-15,17H,10H2,1-4H3/t13-,14+,15?/m1/s1. The Hall–Kier alpha value is -0.900.